The maximum atomic E-state index is 13.0. The van der Waals surface area contributed by atoms with Crippen molar-refractivity contribution in [2.45, 2.75) is 45.3 Å². The third-order valence-corrected chi connectivity index (χ3v) is 6.15. The number of hydrogen-bond acceptors (Lipinski definition) is 5. The predicted octanol–water partition coefficient (Wildman–Crippen LogP) is 4.49. The molecule has 1 aliphatic carbocycles. The number of ether oxygens (including phenoxy) is 2. The molecular weight excluding hydrogens is 440 g/mol. The first kappa shape index (κ1) is 23.8. The molecule has 2 aliphatic rings. The molecule has 3 unspecified atom stereocenters. The average Bonchev–Trinajstić information content (AvgIpc) is 3.18. The number of thioether (sulfide) groups is 1. The molecule has 0 spiro atoms. The molecule has 32 heavy (non-hydrogen) atoms. The third-order valence-electron chi connectivity index (χ3n) is 5.07. The molecule has 1 amide bonds. The summed E-state index contributed by atoms with van der Waals surface area (Å²) < 4.78 is 35.0. The molecular formula is C23H25F2NO5S. The first-order chi connectivity index (χ1) is 15.1. The zero-order chi connectivity index (χ0) is 23.5. The van der Waals surface area contributed by atoms with Gasteiger partial charge in [0, 0.05) is 5.25 Å². The number of halogens is 2. The zero-order valence-electron chi connectivity index (χ0n) is 17.9. The van der Waals surface area contributed by atoms with Crippen LogP contribution in [0.2, 0.25) is 0 Å². The molecule has 172 valence electrons. The second-order valence-electron chi connectivity index (χ2n) is 8.51. The van der Waals surface area contributed by atoms with Crippen LogP contribution in [-0.4, -0.2) is 34.9 Å². The lowest BCUT2D eigenvalue weighted by Crippen LogP contribution is -2.49. The van der Waals surface area contributed by atoms with Crippen molar-refractivity contribution in [3.63, 3.8) is 0 Å². The molecule has 0 radical (unpaired) electrons. The smallest absolute Gasteiger partial charge is 0.387 e. The summed E-state index contributed by atoms with van der Waals surface area (Å²) in [7, 11) is 0. The number of allylic oxidation sites excluding steroid dienone is 1. The van der Waals surface area contributed by atoms with E-state index < -0.39 is 29.9 Å². The van der Waals surface area contributed by atoms with Crippen molar-refractivity contribution in [2.24, 2.45) is 11.3 Å². The van der Waals surface area contributed by atoms with Crippen molar-refractivity contribution < 1.29 is 33.0 Å². The highest BCUT2D eigenvalue weighted by Gasteiger charge is 2.37. The highest BCUT2D eigenvalue weighted by Crippen LogP contribution is 2.40. The number of hydrogen-bond donors (Lipinski definition) is 2. The summed E-state index contributed by atoms with van der Waals surface area (Å²) in [5.41, 5.74) is 0.291. The van der Waals surface area contributed by atoms with Crippen LogP contribution in [0.25, 0.3) is 0 Å². The third kappa shape index (κ3) is 5.70. The van der Waals surface area contributed by atoms with E-state index in [-0.39, 0.29) is 29.1 Å². The van der Waals surface area contributed by atoms with E-state index >= 15 is 0 Å². The lowest BCUT2D eigenvalue weighted by molar-refractivity contribution is -0.144. The Morgan fingerprint density at radius 3 is 2.47 bits per heavy atom. The van der Waals surface area contributed by atoms with E-state index in [1.165, 1.54) is 12.1 Å². The molecule has 0 aromatic heterocycles. The Hall–Kier alpha value is -2.81. The van der Waals surface area contributed by atoms with Gasteiger partial charge in [-0.25, -0.2) is 4.79 Å². The molecule has 0 fully saturated rings. The van der Waals surface area contributed by atoms with Crippen LogP contribution in [0.3, 0.4) is 0 Å². The Morgan fingerprint density at radius 1 is 1.19 bits per heavy atom. The van der Waals surface area contributed by atoms with Crippen molar-refractivity contribution in [1.82, 2.24) is 5.32 Å². The van der Waals surface area contributed by atoms with Gasteiger partial charge in [-0.15, -0.1) is 11.8 Å². The molecule has 1 aliphatic heterocycles. The SMILES string of the molecule is CC(C)(C)C(NC(=O)C1=C(OCc2ccc(OC(F)F)cc2)C2C=CSC2C=C1)C(=O)O. The number of carboxylic acid groups (broad SMARTS) is 1. The number of amides is 1. The molecule has 1 aromatic rings. The van der Waals surface area contributed by atoms with Crippen LogP contribution in [-0.2, 0) is 20.9 Å². The zero-order valence-corrected chi connectivity index (χ0v) is 18.7. The minimum Gasteiger partial charge on any atom is -0.492 e. The van der Waals surface area contributed by atoms with Crippen molar-refractivity contribution in [3.8, 4) is 5.75 Å². The van der Waals surface area contributed by atoms with Gasteiger partial charge in [0.05, 0.1) is 11.5 Å². The second-order valence-corrected chi connectivity index (χ2v) is 9.60. The summed E-state index contributed by atoms with van der Waals surface area (Å²) in [6, 6.07) is 4.97. The summed E-state index contributed by atoms with van der Waals surface area (Å²) in [6.07, 6.45) is 5.51. The quantitative estimate of drug-likeness (QED) is 0.589. The minimum absolute atomic E-state index is 0.0423. The van der Waals surface area contributed by atoms with Gasteiger partial charge < -0.3 is 19.9 Å². The summed E-state index contributed by atoms with van der Waals surface area (Å²) in [6.45, 7) is 2.43. The highest BCUT2D eigenvalue weighted by molar-refractivity contribution is 8.03. The van der Waals surface area contributed by atoms with Crippen LogP contribution < -0.4 is 10.1 Å². The maximum Gasteiger partial charge on any atom is 0.387 e. The summed E-state index contributed by atoms with van der Waals surface area (Å²) in [5, 5.41) is 14.2. The number of fused-ring (bicyclic) bond motifs is 1. The Bertz CT molecular complexity index is 950. The first-order valence-corrected chi connectivity index (χ1v) is 11.0. The number of rotatable bonds is 8. The average molecular weight is 466 g/mol. The van der Waals surface area contributed by atoms with Crippen molar-refractivity contribution in [2.75, 3.05) is 0 Å². The van der Waals surface area contributed by atoms with Gasteiger partial charge in [0.15, 0.2) is 0 Å². The highest BCUT2D eigenvalue weighted by atomic mass is 32.2. The van der Waals surface area contributed by atoms with Crippen LogP contribution in [0.5, 0.6) is 5.75 Å². The van der Waals surface area contributed by atoms with Crippen molar-refractivity contribution >= 4 is 23.6 Å². The Labute approximate surface area is 189 Å². The lowest BCUT2D eigenvalue weighted by Gasteiger charge is -2.30. The number of carbonyl (C=O) groups is 2. The van der Waals surface area contributed by atoms with Crippen LogP contribution in [0.4, 0.5) is 8.78 Å². The van der Waals surface area contributed by atoms with Crippen LogP contribution >= 0.6 is 11.8 Å². The fraction of sp³-hybridized carbons (Fsp3) is 0.391. The molecule has 9 heteroatoms. The van der Waals surface area contributed by atoms with E-state index in [0.717, 1.165) is 0 Å². The van der Waals surface area contributed by atoms with Crippen LogP contribution in [0, 0.1) is 11.3 Å². The fourth-order valence-corrected chi connectivity index (χ4v) is 4.41. The number of carbonyl (C=O) groups excluding carboxylic acids is 1. The van der Waals surface area contributed by atoms with E-state index in [4.69, 9.17) is 4.74 Å². The molecule has 0 saturated carbocycles. The number of alkyl halides is 2. The topological polar surface area (TPSA) is 84.9 Å². The van der Waals surface area contributed by atoms with Gasteiger partial charge in [0.2, 0.25) is 0 Å². The maximum absolute atomic E-state index is 13.0. The molecule has 1 heterocycles. The largest absolute Gasteiger partial charge is 0.492 e. The molecule has 1 aromatic carbocycles. The summed E-state index contributed by atoms with van der Waals surface area (Å²) in [5.74, 6) is -1.31. The summed E-state index contributed by atoms with van der Waals surface area (Å²) >= 11 is 1.60. The second kappa shape index (κ2) is 9.77. The van der Waals surface area contributed by atoms with Gasteiger partial charge in [-0.2, -0.15) is 8.78 Å². The number of aliphatic carboxylic acids is 1. The lowest BCUT2D eigenvalue weighted by atomic mass is 9.86. The van der Waals surface area contributed by atoms with Crippen molar-refractivity contribution in [3.05, 3.63) is 64.8 Å². The van der Waals surface area contributed by atoms with Gasteiger partial charge in [-0.1, -0.05) is 45.1 Å². The van der Waals surface area contributed by atoms with Crippen LogP contribution in [0.1, 0.15) is 26.3 Å². The first-order valence-electron chi connectivity index (χ1n) is 10.0. The number of nitrogens with one attached hydrogen (secondary N) is 1. The van der Waals surface area contributed by atoms with Gasteiger partial charge >= 0.3 is 12.6 Å². The normalized spacial score (nSPS) is 20.8. The molecule has 0 bridgehead atoms. The number of benzene rings is 1. The van der Waals surface area contributed by atoms with E-state index in [2.05, 4.69) is 10.1 Å². The van der Waals surface area contributed by atoms with Gasteiger partial charge in [-0.3, -0.25) is 4.79 Å². The van der Waals surface area contributed by atoms with E-state index in [1.54, 1.807) is 50.7 Å². The van der Waals surface area contributed by atoms with Gasteiger partial charge in [-0.05, 0) is 34.6 Å². The molecule has 2 N–H and O–H groups in total. The van der Waals surface area contributed by atoms with Gasteiger partial charge in [0.1, 0.15) is 24.2 Å². The van der Waals surface area contributed by atoms with Gasteiger partial charge in [0.25, 0.3) is 5.91 Å². The number of carboxylic acids is 1. The summed E-state index contributed by atoms with van der Waals surface area (Å²) in [4.78, 5) is 24.7. The van der Waals surface area contributed by atoms with E-state index in [9.17, 15) is 23.5 Å². The molecule has 3 atom stereocenters. The molecule has 6 nitrogen and oxygen atoms in total. The monoisotopic (exact) mass is 465 g/mol. The Balaban J connectivity index is 1.81. The molecule has 0 saturated heterocycles. The Morgan fingerprint density at radius 2 is 1.88 bits per heavy atom. The van der Waals surface area contributed by atoms with Crippen LogP contribution in [0.15, 0.2) is 59.2 Å². The molecule has 3 rings (SSSR count). The van der Waals surface area contributed by atoms with E-state index in [0.29, 0.717) is 11.3 Å². The van der Waals surface area contributed by atoms with E-state index in [1.807, 2.05) is 17.6 Å². The van der Waals surface area contributed by atoms with Crippen molar-refractivity contribution in [1.29, 1.82) is 0 Å². The standard InChI is InChI=1S/C23H25F2NO5S/c1-23(2,3)19(21(28)29)26-20(27)16-8-9-17-15(10-11-32-17)18(16)30-12-13-4-6-14(7-5-13)31-22(24)25/h4-11,15,17,19,22H,12H2,1-3H3,(H,26,27)(H,28,29). The predicted molar refractivity (Wildman–Crippen MR) is 117 cm³/mol. The minimum atomic E-state index is -2.90. The Kier molecular flexibility index (Phi) is 7.28. The fourth-order valence-electron chi connectivity index (χ4n) is 3.42.